The highest BCUT2D eigenvalue weighted by Gasteiger charge is 2.29. The van der Waals surface area contributed by atoms with Crippen molar-refractivity contribution in [1.82, 2.24) is 0 Å². The smallest absolute Gasteiger partial charge is 0.463 e. The standard InChI is InChI=1S/C85H146O16P2/c1-4-7-10-13-16-19-22-25-28-30-32-33-34-35-36-37-38-39-40-41-42-43-44-45-47-49-51-53-56-59-62-65-68-71-83(88)95-74-80(86)75-97-102(91,92)98-76-81(87)77-99-103(93,94)100-79-82(101-85(90)73-70-67-64-61-58-55-50-27-24-21-18-15-12-9-6-3)78-96-84(89)72-69-66-63-60-57-54-52-48-46-31-29-26-23-20-17-14-11-8-5-2/h7-8,10-11,16-17,19-20,25-29,32-33,35-36,46,48,50,54,57,80-82,86-87H,4-6,9,12-15,18,21-24,30-31,34,37-45,47,49,51-53,55-56,58-79H2,1-3H3,(H,91,92)(H,93,94)/b10-7-,11-8-,19-16-,20-17-,28-25-,29-26-,33-32-,36-35-,48-46-,50-27-,57-54-. The fourth-order valence-corrected chi connectivity index (χ4v) is 12.3. The number of esters is 3. The van der Waals surface area contributed by atoms with Crippen LogP contribution >= 0.6 is 15.6 Å². The number of ether oxygens (including phenoxy) is 3. The normalized spacial score (nSPS) is 14.7. The van der Waals surface area contributed by atoms with Crippen molar-refractivity contribution in [1.29, 1.82) is 0 Å². The maximum atomic E-state index is 13.0. The van der Waals surface area contributed by atoms with Gasteiger partial charge in [0.15, 0.2) is 6.10 Å². The van der Waals surface area contributed by atoms with E-state index in [1.807, 2.05) is 0 Å². The van der Waals surface area contributed by atoms with Crippen molar-refractivity contribution in [3.05, 3.63) is 134 Å². The summed E-state index contributed by atoms with van der Waals surface area (Å²) >= 11 is 0. The molecule has 0 aliphatic heterocycles. The molecule has 0 saturated carbocycles. The Morgan fingerprint density at radius 3 is 0.835 bits per heavy atom. The average molecular weight is 1490 g/mol. The SMILES string of the molecule is CC/C=C\C/C=C\C/C=C\C/C=C\C/C=C\CCCCCCCCCCCCCCCCCCCC(=O)OCC(O)COP(=O)(O)OCC(O)COP(=O)(O)OCC(COC(=O)CCCCC/C=C\C/C=C\C/C=C\C/C=C\C/C=C\CC)OC(=O)CCCCCCC/C=C\CCCCCCCC. The van der Waals surface area contributed by atoms with E-state index >= 15 is 0 Å². The zero-order valence-corrected chi connectivity index (χ0v) is 66.5. The van der Waals surface area contributed by atoms with Gasteiger partial charge in [-0.25, -0.2) is 9.13 Å². The molecule has 0 amide bonds. The number of aliphatic hydroxyl groups is 2. The van der Waals surface area contributed by atoms with Gasteiger partial charge in [0.05, 0.1) is 26.4 Å². The van der Waals surface area contributed by atoms with Gasteiger partial charge in [-0.05, 0) is 135 Å². The second-order valence-electron chi connectivity index (χ2n) is 26.8. The van der Waals surface area contributed by atoms with Crippen LogP contribution in [-0.4, -0.2) is 95.9 Å². The van der Waals surface area contributed by atoms with Crippen molar-refractivity contribution in [2.45, 2.75) is 347 Å². The van der Waals surface area contributed by atoms with Crippen LogP contribution in [-0.2, 0) is 55.8 Å². The first kappa shape index (κ1) is 98.7. The molecule has 0 aromatic carbocycles. The molecule has 18 heteroatoms. The number of hydrogen-bond donors (Lipinski definition) is 4. The highest BCUT2D eigenvalue weighted by molar-refractivity contribution is 7.47. The minimum absolute atomic E-state index is 0.0855. The third kappa shape index (κ3) is 78.6. The molecule has 0 aliphatic carbocycles. The third-order valence-corrected chi connectivity index (χ3v) is 18.7. The van der Waals surface area contributed by atoms with Crippen LogP contribution in [0.1, 0.15) is 329 Å². The summed E-state index contributed by atoms with van der Waals surface area (Å²) in [7, 11) is -9.80. The summed E-state index contributed by atoms with van der Waals surface area (Å²) in [6.07, 6.45) is 93.7. The van der Waals surface area contributed by atoms with Gasteiger partial charge in [-0.2, -0.15) is 0 Å². The number of allylic oxidation sites excluding steroid dienone is 22. The minimum atomic E-state index is -4.94. The van der Waals surface area contributed by atoms with Gasteiger partial charge in [0, 0.05) is 19.3 Å². The quantitative estimate of drug-likeness (QED) is 0.0146. The lowest BCUT2D eigenvalue weighted by molar-refractivity contribution is -0.161. The molecule has 103 heavy (non-hydrogen) atoms. The van der Waals surface area contributed by atoms with E-state index in [1.54, 1.807) is 0 Å². The largest absolute Gasteiger partial charge is 0.472 e. The number of rotatable bonds is 76. The number of phosphoric ester groups is 2. The molecule has 0 radical (unpaired) electrons. The second-order valence-corrected chi connectivity index (χ2v) is 29.7. The Morgan fingerprint density at radius 2 is 0.515 bits per heavy atom. The van der Waals surface area contributed by atoms with Gasteiger partial charge < -0.3 is 34.2 Å². The van der Waals surface area contributed by atoms with E-state index in [0.717, 1.165) is 141 Å². The Hall–Kier alpha value is -4.31. The van der Waals surface area contributed by atoms with E-state index in [-0.39, 0.29) is 19.3 Å². The Bertz CT molecular complexity index is 2410. The number of unbranched alkanes of at least 4 members (excludes halogenated alkanes) is 31. The van der Waals surface area contributed by atoms with Crippen molar-refractivity contribution in [3.8, 4) is 0 Å². The Labute approximate surface area is 626 Å². The fourth-order valence-electron chi connectivity index (χ4n) is 10.7. The van der Waals surface area contributed by atoms with Gasteiger partial charge in [0.2, 0.25) is 0 Å². The molecule has 4 N–H and O–H groups in total. The molecule has 0 spiro atoms. The van der Waals surface area contributed by atoms with Crippen molar-refractivity contribution in [2.24, 2.45) is 0 Å². The molecule has 5 unspecified atom stereocenters. The van der Waals surface area contributed by atoms with Gasteiger partial charge >= 0.3 is 33.6 Å². The van der Waals surface area contributed by atoms with Crippen LogP contribution in [0, 0.1) is 0 Å². The highest BCUT2D eigenvalue weighted by atomic mass is 31.2. The van der Waals surface area contributed by atoms with E-state index in [0.29, 0.717) is 19.3 Å². The van der Waals surface area contributed by atoms with Crippen LogP contribution < -0.4 is 0 Å². The van der Waals surface area contributed by atoms with Gasteiger partial charge in [0.25, 0.3) is 0 Å². The molecular formula is C85H146O16P2. The van der Waals surface area contributed by atoms with Crippen LogP contribution in [0.3, 0.4) is 0 Å². The molecule has 0 fully saturated rings. The lowest BCUT2D eigenvalue weighted by Gasteiger charge is -2.21. The molecule has 0 rings (SSSR count). The zero-order chi connectivity index (χ0) is 75.2. The Morgan fingerprint density at radius 1 is 0.282 bits per heavy atom. The van der Waals surface area contributed by atoms with Crippen molar-refractivity contribution >= 4 is 33.6 Å². The monoisotopic (exact) mass is 1490 g/mol. The zero-order valence-electron chi connectivity index (χ0n) is 64.7. The molecule has 0 aromatic rings. The molecule has 0 heterocycles. The van der Waals surface area contributed by atoms with Crippen LogP contribution in [0.25, 0.3) is 0 Å². The summed E-state index contributed by atoms with van der Waals surface area (Å²) in [5.74, 6) is -1.62. The van der Waals surface area contributed by atoms with Gasteiger partial charge in [-0.3, -0.25) is 32.5 Å². The van der Waals surface area contributed by atoms with E-state index in [4.69, 9.17) is 32.3 Å². The first-order valence-corrected chi connectivity index (χ1v) is 43.5. The number of hydrogen-bond acceptors (Lipinski definition) is 14. The lowest BCUT2D eigenvalue weighted by Crippen LogP contribution is -2.30. The van der Waals surface area contributed by atoms with Gasteiger partial charge in [0.1, 0.15) is 25.4 Å². The first-order chi connectivity index (χ1) is 50.2. The molecule has 592 valence electrons. The molecule has 5 atom stereocenters. The summed E-state index contributed by atoms with van der Waals surface area (Å²) in [5, 5.41) is 20.6. The van der Waals surface area contributed by atoms with Crippen molar-refractivity contribution in [2.75, 3.05) is 39.6 Å². The minimum Gasteiger partial charge on any atom is -0.463 e. The summed E-state index contributed by atoms with van der Waals surface area (Å²) in [5.41, 5.74) is 0. The fraction of sp³-hybridized carbons (Fsp3) is 0.706. The van der Waals surface area contributed by atoms with Crippen molar-refractivity contribution in [3.63, 3.8) is 0 Å². The third-order valence-electron chi connectivity index (χ3n) is 16.8. The van der Waals surface area contributed by atoms with E-state index in [1.165, 1.54) is 128 Å². The predicted octanol–water partition coefficient (Wildman–Crippen LogP) is 23.9. The number of carbonyl (C=O) groups is 3. The summed E-state index contributed by atoms with van der Waals surface area (Å²) in [6.45, 7) is 2.42. The summed E-state index contributed by atoms with van der Waals surface area (Å²) < 4.78 is 61.1. The average Bonchev–Trinajstić information content (AvgIpc) is 0.916. The van der Waals surface area contributed by atoms with Crippen molar-refractivity contribution < 1.29 is 75.8 Å². The molecule has 0 saturated heterocycles. The maximum Gasteiger partial charge on any atom is 0.472 e. The highest BCUT2D eigenvalue weighted by Crippen LogP contribution is 2.45. The first-order valence-electron chi connectivity index (χ1n) is 40.5. The lowest BCUT2D eigenvalue weighted by atomic mass is 10.0. The van der Waals surface area contributed by atoms with Gasteiger partial charge in [-0.1, -0.05) is 309 Å². The molecular weight excluding hydrogens is 1340 g/mol. The topological polar surface area (TPSA) is 231 Å². The van der Waals surface area contributed by atoms with E-state index in [2.05, 4.69) is 154 Å². The molecule has 16 nitrogen and oxygen atoms in total. The summed E-state index contributed by atoms with van der Waals surface area (Å²) in [6, 6.07) is 0. The Kier molecular flexibility index (Phi) is 74.1. The van der Waals surface area contributed by atoms with E-state index in [9.17, 15) is 43.5 Å². The molecule has 0 aliphatic rings. The number of aliphatic hydroxyl groups excluding tert-OH is 2. The summed E-state index contributed by atoms with van der Waals surface area (Å²) in [4.78, 5) is 58.6. The van der Waals surface area contributed by atoms with E-state index < -0.39 is 91.5 Å². The molecule has 0 aromatic heterocycles. The number of carbonyl (C=O) groups excluding carboxylic acids is 3. The number of phosphoric acid groups is 2. The van der Waals surface area contributed by atoms with Crippen LogP contribution in [0.2, 0.25) is 0 Å². The van der Waals surface area contributed by atoms with Crippen LogP contribution in [0.15, 0.2) is 134 Å². The Balaban J connectivity index is 4.46. The van der Waals surface area contributed by atoms with Crippen LogP contribution in [0.5, 0.6) is 0 Å². The maximum absolute atomic E-state index is 13.0. The predicted molar refractivity (Wildman–Crippen MR) is 426 cm³/mol. The van der Waals surface area contributed by atoms with Gasteiger partial charge in [-0.15, -0.1) is 0 Å². The van der Waals surface area contributed by atoms with Crippen LogP contribution in [0.4, 0.5) is 0 Å². The molecule has 0 bridgehead atoms. The second kappa shape index (κ2) is 77.3.